The second-order valence-electron chi connectivity index (χ2n) is 2.14. The molecule has 2 nitrogen and oxygen atoms in total. The number of hydrogen-bond donors (Lipinski definition) is 1. The van der Waals surface area contributed by atoms with Crippen LogP contribution < -0.4 is 0 Å². The Morgan fingerprint density at radius 1 is 1.64 bits per heavy atom. The lowest BCUT2D eigenvalue weighted by Crippen LogP contribution is -2.13. The van der Waals surface area contributed by atoms with Gasteiger partial charge in [-0.2, -0.15) is 12.6 Å². The molecule has 0 bridgehead atoms. The first-order valence-corrected chi connectivity index (χ1v) is 5.33. The third-order valence-electron chi connectivity index (χ3n) is 1.46. The molecular weight excluding hydrogens is 180 g/mol. The summed E-state index contributed by atoms with van der Waals surface area (Å²) < 4.78 is 4.89. The van der Waals surface area contributed by atoms with Crippen molar-refractivity contribution in [3.8, 4) is 0 Å². The van der Waals surface area contributed by atoms with Crippen LogP contribution in [0.5, 0.6) is 0 Å². The Labute approximate surface area is 77.5 Å². The van der Waals surface area contributed by atoms with Crippen LogP contribution in [-0.2, 0) is 4.74 Å². The maximum Gasteiger partial charge on any atom is 0.368 e. The molecule has 2 unspecified atom stereocenters. The highest BCUT2D eigenvalue weighted by Crippen LogP contribution is 2.29. The zero-order valence-electron chi connectivity index (χ0n) is 7.03. The van der Waals surface area contributed by atoms with E-state index in [0.717, 1.165) is 6.42 Å². The Morgan fingerprint density at radius 3 is 2.36 bits per heavy atom. The van der Waals surface area contributed by atoms with Gasteiger partial charge in [-0.1, -0.05) is 6.92 Å². The second-order valence-corrected chi connectivity index (χ2v) is 3.31. The van der Waals surface area contributed by atoms with Gasteiger partial charge >= 0.3 is 5.30 Å². The van der Waals surface area contributed by atoms with Crippen LogP contribution >= 0.6 is 24.4 Å². The molecule has 0 N–H and O–H groups in total. The van der Waals surface area contributed by atoms with E-state index in [0.29, 0.717) is 5.25 Å². The highest BCUT2D eigenvalue weighted by atomic mass is 32.2. The summed E-state index contributed by atoms with van der Waals surface area (Å²) in [5.41, 5.74) is 0. The lowest BCUT2D eigenvalue weighted by Gasteiger charge is -2.06. The van der Waals surface area contributed by atoms with Gasteiger partial charge in [0.25, 0.3) is 0 Å². The Hall–Kier alpha value is 0.170. The molecule has 1 fully saturated rings. The van der Waals surface area contributed by atoms with Crippen molar-refractivity contribution < 1.29 is 9.53 Å². The van der Waals surface area contributed by atoms with Gasteiger partial charge in [0.05, 0.1) is 5.25 Å². The van der Waals surface area contributed by atoms with Crippen LogP contribution in [0.2, 0.25) is 0 Å². The first kappa shape index (κ1) is 11.2. The topological polar surface area (TPSA) is 26.3 Å². The zero-order chi connectivity index (χ0) is 8.85. The summed E-state index contributed by atoms with van der Waals surface area (Å²) >= 11 is 4.84. The lowest BCUT2D eigenvalue weighted by molar-refractivity contribution is 0.142. The van der Waals surface area contributed by atoms with Crippen molar-refractivity contribution in [2.24, 2.45) is 0 Å². The average molecular weight is 194 g/mol. The summed E-state index contributed by atoms with van der Waals surface area (Å²) in [7, 11) is 0. The van der Waals surface area contributed by atoms with E-state index in [-0.39, 0.29) is 11.4 Å². The number of thiol groups is 1. The van der Waals surface area contributed by atoms with Crippen LogP contribution in [0.4, 0.5) is 4.79 Å². The van der Waals surface area contributed by atoms with Crippen molar-refractivity contribution in [3.05, 3.63) is 0 Å². The number of hydrogen-bond acceptors (Lipinski definition) is 4. The third-order valence-corrected chi connectivity index (χ3v) is 2.76. The first-order valence-electron chi connectivity index (χ1n) is 3.56. The lowest BCUT2D eigenvalue weighted by atomic mass is 10.2. The van der Waals surface area contributed by atoms with Crippen LogP contribution in [0.3, 0.4) is 0 Å². The molecule has 0 radical (unpaired) electrons. The molecule has 11 heavy (non-hydrogen) atoms. The first-order chi connectivity index (χ1) is 5.24. The van der Waals surface area contributed by atoms with E-state index in [4.69, 9.17) is 4.74 Å². The van der Waals surface area contributed by atoms with E-state index < -0.39 is 0 Å². The Morgan fingerprint density at radius 2 is 2.18 bits per heavy atom. The summed E-state index contributed by atoms with van der Waals surface area (Å²) in [5.74, 6) is 0. The molecular formula is C7H14O2S2. The minimum Gasteiger partial charge on any atom is -0.453 e. The molecule has 0 spiro atoms. The summed E-state index contributed by atoms with van der Waals surface area (Å²) in [5, 5.41) is 0.270. The van der Waals surface area contributed by atoms with E-state index in [1.807, 2.05) is 6.92 Å². The van der Waals surface area contributed by atoms with Gasteiger partial charge in [-0.3, -0.25) is 0 Å². The van der Waals surface area contributed by atoms with Gasteiger partial charge in [-0.05, 0) is 31.4 Å². The Kier molecular flexibility index (Phi) is 5.86. The molecule has 0 saturated carbocycles. The Balaban J connectivity index is 0.000000461. The van der Waals surface area contributed by atoms with Crippen LogP contribution in [-0.4, -0.2) is 22.9 Å². The number of carbonyl (C=O) groups excluding carboxylic acids is 1. The molecule has 1 rings (SSSR count). The van der Waals surface area contributed by atoms with Crippen molar-refractivity contribution in [2.75, 3.05) is 6.26 Å². The number of carbonyl (C=O) groups is 1. The van der Waals surface area contributed by atoms with Crippen molar-refractivity contribution >= 4 is 29.7 Å². The van der Waals surface area contributed by atoms with Crippen molar-refractivity contribution in [1.29, 1.82) is 0 Å². The fraction of sp³-hybridized carbons (Fsp3) is 0.857. The van der Waals surface area contributed by atoms with E-state index in [9.17, 15) is 4.79 Å². The molecule has 0 aliphatic carbocycles. The van der Waals surface area contributed by atoms with Crippen molar-refractivity contribution in [2.45, 2.75) is 31.6 Å². The minimum absolute atomic E-state index is 0.116. The van der Waals surface area contributed by atoms with Crippen molar-refractivity contribution in [1.82, 2.24) is 0 Å². The van der Waals surface area contributed by atoms with Crippen LogP contribution in [0.15, 0.2) is 0 Å². The summed E-state index contributed by atoms with van der Waals surface area (Å²) in [6.45, 7) is 4.00. The summed E-state index contributed by atoms with van der Waals surface area (Å²) in [6.07, 6.45) is 2.82. The van der Waals surface area contributed by atoms with Gasteiger partial charge in [-0.25, -0.2) is 4.79 Å². The maximum absolute atomic E-state index is 10.6. The largest absolute Gasteiger partial charge is 0.453 e. The molecule has 1 saturated heterocycles. The average Bonchev–Trinajstić information content (AvgIpc) is 2.33. The van der Waals surface area contributed by atoms with Gasteiger partial charge in [0.15, 0.2) is 0 Å². The Bertz CT molecular complexity index is 128. The van der Waals surface area contributed by atoms with Crippen LogP contribution in [0, 0.1) is 0 Å². The molecule has 0 amide bonds. The molecule has 1 aliphatic heterocycles. The standard InChI is InChI=1S/C6H10O2S.CH4S/c1-3-5-4(2)8-6(7)9-5;1-2/h4-5H,3H2,1-2H3;2H,1H3. The number of rotatable bonds is 1. The number of cyclic esters (lactones) is 1. The fourth-order valence-corrected chi connectivity index (χ4v) is 1.76. The molecule has 2 atom stereocenters. The zero-order valence-corrected chi connectivity index (χ0v) is 8.74. The summed E-state index contributed by atoms with van der Waals surface area (Å²) in [4.78, 5) is 10.6. The summed E-state index contributed by atoms with van der Waals surface area (Å²) in [6, 6.07) is 0. The predicted molar refractivity (Wildman–Crippen MR) is 52.5 cm³/mol. The number of ether oxygens (including phenoxy) is 1. The quantitative estimate of drug-likeness (QED) is 0.513. The molecule has 0 aromatic heterocycles. The van der Waals surface area contributed by atoms with Crippen LogP contribution in [0.1, 0.15) is 20.3 Å². The SMILES string of the molecule is CCC1SC(=O)OC1C.CS. The molecule has 66 valence electrons. The van der Waals surface area contributed by atoms with Gasteiger partial charge < -0.3 is 4.74 Å². The van der Waals surface area contributed by atoms with E-state index in [2.05, 4.69) is 19.6 Å². The number of thioether (sulfide) groups is 1. The normalized spacial score (nSPS) is 28.9. The van der Waals surface area contributed by atoms with Crippen LogP contribution in [0.25, 0.3) is 0 Å². The molecule has 0 aromatic carbocycles. The predicted octanol–water partition coefficient (Wildman–Crippen LogP) is 2.58. The van der Waals surface area contributed by atoms with Crippen molar-refractivity contribution in [3.63, 3.8) is 0 Å². The van der Waals surface area contributed by atoms with Gasteiger partial charge in [0.2, 0.25) is 0 Å². The monoisotopic (exact) mass is 194 g/mol. The minimum atomic E-state index is -0.116. The molecule has 1 aliphatic rings. The van der Waals surface area contributed by atoms with Gasteiger partial charge in [0, 0.05) is 0 Å². The second kappa shape index (κ2) is 5.77. The van der Waals surface area contributed by atoms with E-state index >= 15 is 0 Å². The highest BCUT2D eigenvalue weighted by molar-refractivity contribution is 8.14. The molecule has 4 heteroatoms. The fourth-order valence-electron chi connectivity index (χ4n) is 0.890. The van der Waals surface area contributed by atoms with Gasteiger partial charge in [0.1, 0.15) is 6.10 Å². The highest BCUT2D eigenvalue weighted by Gasteiger charge is 2.30. The van der Waals surface area contributed by atoms with E-state index in [1.165, 1.54) is 11.8 Å². The third kappa shape index (κ3) is 3.38. The van der Waals surface area contributed by atoms with E-state index in [1.54, 1.807) is 6.26 Å². The smallest absolute Gasteiger partial charge is 0.368 e. The maximum atomic E-state index is 10.6. The molecule has 1 heterocycles. The van der Waals surface area contributed by atoms with Gasteiger partial charge in [-0.15, -0.1) is 0 Å². The molecule has 0 aromatic rings.